The number of carboxylic acids is 1. The van der Waals surface area contributed by atoms with Gasteiger partial charge >= 0.3 is 11.9 Å². The van der Waals surface area contributed by atoms with E-state index in [0.717, 1.165) is 6.07 Å². The maximum Gasteiger partial charge on any atom is 0.317 e. The van der Waals surface area contributed by atoms with E-state index in [4.69, 9.17) is 33.5 Å². The van der Waals surface area contributed by atoms with Crippen LogP contribution >= 0.6 is 0 Å². The molecular formula is C30H34O18. The zero-order valence-electron chi connectivity index (χ0n) is 24.8. The number of benzene rings is 2. The van der Waals surface area contributed by atoms with Crippen LogP contribution in [-0.2, 0) is 28.5 Å². The summed E-state index contributed by atoms with van der Waals surface area (Å²) in [6.45, 7) is -1.45. The summed E-state index contributed by atoms with van der Waals surface area (Å²) in [7, 11) is 0. The summed E-state index contributed by atoms with van der Waals surface area (Å²) in [5.74, 6) is -3.45. The van der Waals surface area contributed by atoms with Gasteiger partial charge in [0.25, 0.3) is 0 Å². The average molecular weight is 683 g/mol. The number of esters is 1. The highest BCUT2D eigenvalue weighted by Crippen LogP contribution is 2.45. The number of phenols is 2. The average Bonchev–Trinajstić information content (AvgIpc) is 3.04. The fraction of sp³-hybridized carbons (Fsp3) is 0.467. The van der Waals surface area contributed by atoms with Crippen molar-refractivity contribution in [2.75, 3.05) is 13.2 Å². The van der Waals surface area contributed by atoms with Crippen LogP contribution in [0.25, 0.3) is 6.08 Å². The number of carboxylic acid groups (broad SMARTS) is 1. The van der Waals surface area contributed by atoms with Crippen molar-refractivity contribution in [1.29, 1.82) is 0 Å². The van der Waals surface area contributed by atoms with Gasteiger partial charge < -0.3 is 79.5 Å². The van der Waals surface area contributed by atoms with E-state index in [1.54, 1.807) is 0 Å². The molecule has 0 saturated carbocycles. The number of aliphatic carboxylic acids is 1. The molecule has 5 rings (SSSR count). The molecule has 0 radical (unpaired) electrons. The van der Waals surface area contributed by atoms with Gasteiger partial charge in [-0.3, -0.25) is 9.59 Å². The van der Waals surface area contributed by atoms with Crippen molar-refractivity contribution in [2.24, 2.45) is 0 Å². The van der Waals surface area contributed by atoms with E-state index in [1.165, 1.54) is 36.4 Å². The van der Waals surface area contributed by atoms with E-state index in [9.17, 15) is 55.5 Å². The molecule has 0 aliphatic carbocycles. The largest absolute Gasteiger partial charge is 0.508 e. The first-order chi connectivity index (χ1) is 22.8. The molecule has 18 nitrogen and oxygen atoms in total. The zero-order valence-corrected chi connectivity index (χ0v) is 24.8. The van der Waals surface area contributed by atoms with E-state index in [-0.39, 0.29) is 28.6 Å². The molecule has 2 aromatic rings. The smallest absolute Gasteiger partial charge is 0.317 e. The number of hydrogen-bond donors (Lipinski definition) is 10. The molecule has 2 saturated heterocycles. The maximum absolute atomic E-state index is 11.7. The van der Waals surface area contributed by atoms with Crippen molar-refractivity contribution in [3.05, 3.63) is 53.3 Å². The van der Waals surface area contributed by atoms with Gasteiger partial charge in [0.2, 0.25) is 12.6 Å². The quantitative estimate of drug-likeness (QED) is 0.0922. The topological polar surface area (TPSA) is 292 Å². The first kappa shape index (κ1) is 35.1. The van der Waals surface area contributed by atoms with Crippen molar-refractivity contribution < 1.29 is 89.1 Å². The Bertz CT molecular complexity index is 1490. The number of aliphatic hydroxyl groups is 7. The molecule has 262 valence electrons. The molecule has 3 aliphatic rings. The highest BCUT2D eigenvalue weighted by molar-refractivity contribution is 5.90. The van der Waals surface area contributed by atoms with Crippen LogP contribution in [0.1, 0.15) is 23.7 Å². The minimum Gasteiger partial charge on any atom is -0.508 e. The monoisotopic (exact) mass is 682 g/mol. The molecule has 0 bridgehead atoms. The second-order valence-corrected chi connectivity index (χ2v) is 11.2. The first-order valence-corrected chi connectivity index (χ1v) is 14.5. The summed E-state index contributed by atoms with van der Waals surface area (Å²) < 4.78 is 33.7. The number of rotatable bonds is 10. The molecule has 18 heteroatoms. The van der Waals surface area contributed by atoms with Gasteiger partial charge in [-0.15, -0.1) is 0 Å². The number of aromatic hydroxyl groups is 2. The number of phenolic OH excluding ortho intramolecular Hbond substituents is 2. The fourth-order valence-corrected chi connectivity index (χ4v) is 5.23. The lowest BCUT2D eigenvalue weighted by Crippen LogP contribution is -2.60. The lowest BCUT2D eigenvalue weighted by atomic mass is 9.98. The van der Waals surface area contributed by atoms with Gasteiger partial charge in [0, 0.05) is 17.7 Å². The summed E-state index contributed by atoms with van der Waals surface area (Å²) in [5, 5.41) is 101. The van der Waals surface area contributed by atoms with Crippen LogP contribution in [0.4, 0.5) is 0 Å². The van der Waals surface area contributed by atoms with Crippen LogP contribution in [0.5, 0.6) is 23.0 Å². The van der Waals surface area contributed by atoms with Gasteiger partial charge in [-0.25, -0.2) is 0 Å². The lowest BCUT2D eigenvalue weighted by molar-refractivity contribution is -0.293. The van der Waals surface area contributed by atoms with Crippen LogP contribution in [-0.4, -0.2) is 138 Å². The Kier molecular flexibility index (Phi) is 10.6. The summed E-state index contributed by atoms with van der Waals surface area (Å²) in [6, 6.07) is 7.97. The van der Waals surface area contributed by atoms with E-state index < -0.39 is 105 Å². The third kappa shape index (κ3) is 7.41. The van der Waals surface area contributed by atoms with Crippen molar-refractivity contribution >= 4 is 18.0 Å². The summed E-state index contributed by atoms with van der Waals surface area (Å²) in [4.78, 5) is 22.5. The molecule has 2 aromatic carbocycles. The van der Waals surface area contributed by atoms with Crippen molar-refractivity contribution in [3.8, 4) is 23.0 Å². The number of carbonyl (C=O) groups excluding carboxylic acids is 1. The molecule has 2 fully saturated rings. The van der Waals surface area contributed by atoms with E-state index in [2.05, 4.69) is 0 Å². The summed E-state index contributed by atoms with van der Waals surface area (Å²) in [6.07, 6.45) is -17.8. The molecule has 0 amide bonds. The first-order valence-electron chi connectivity index (χ1n) is 14.5. The van der Waals surface area contributed by atoms with Crippen molar-refractivity contribution in [2.45, 2.75) is 73.9 Å². The van der Waals surface area contributed by atoms with Crippen LogP contribution in [0.3, 0.4) is 0 Å². The highest BCUT2D eigenvalue weighted by atomic mass is 16.7. The third-order valence-electron chi connectivity index (χ3n) is 7.79. The van der Waals surface area contributed by atoms with Crippen LogP contribution in [0.15, 0.2) is 42.2 Å². The van der Waals surface area contributed by atoms with Crippen LogP contribution in [0.2, 0.25) is 0 Å². The predicted molar refractivity (Wildman–Crippen MR) is 153 cm³/mol. The SMILES string of the molecule is O=C(O)CC(=O)OCC1OC(Oc2cc(O)cc3c2C=C(OC2OC(CO)C(O)C(O)C2O)C(c2ccc(O)cc2)O3)C(O)C(O)C1O. The highest BCUT2D eigenvalue weighted by Gasteiger charge is 2.47. The molecular weight excluding hydrogens is 648 g/mol. The molecule has 10 N–H and O–H groups in total. The minimum atomic E-state index is -1.90. The third-order valence-corrected chi connectivity index (χ3v) is 7.79. The van der Waals surface area contributed by atoms with Crippen LogP contribution < -0.4 is 9.47 Å². The Morgan fingerprint density at radius 2 is 1.35 bits per heavy atom. The normalized spacial score (nSPS) is 33.1. The molecule has 3 aliphatic heterocycles. The molecule has 11 unspecified atom stereocenters. The molecule has 0 spiro atoms. The molecule has 0 aromatic heterocycles. The van der Waals surface area contributed by atoms with Crippen LogP contribution in [0, 0.1) is 0 Å². The van der Waals surface area contributed by atoms with Gasteiger partial charge in [0.1, 0.15) is 90.6 Å². The van der Waals surface area contributed by atoms with E-state index >= 15 is 0 Å². The fourth-order valence-electron chi connectivity index (χ4n) is 5.23. The van der Waals surface area contributed by atoms with E-state index in [1.807, 2.05) is 0 Å². The zero-order chi connectivity index (χ0) is 34.9. The lowest BCUT2D eigenvalue weighted by Gasteiger charge is -2.41. The van der Waals surface area contributed by atoms with Gasteiger partial charge in [-0.05, 0) is 18.2 Å². The van der Waals surface area contributed by atoms with Crippen molar-refractivity contribution in [3.63, 3.8) is 0 Å². The second-order valence-electron chi connectivity index (χ2n) is 11.2. The second kappa shape index (κ2) is 14.5. The maximum atomic E-state index is 11.7. The van der Waals surface area contributed by atoms with Gasteiger partial charge in [-0.2, -0.15) is 0 Å². The predicted octanol–water partition coefficient (Wildman–Crippen LogP) is -2.41. The number of fused-ring (bicyclic) bond motifs is 1. The Hall–Kier alpha value is -4.24. The van der Waals surface area contributed by atoms with E-state index in [0.29, 0.717) is 5.56 Å². The van der Waals surface area contributed by atoms with Crippen molar-refractivity contribution in [1.82, 2.24) is 0 Å². The van der Waals surface area contributed by atoms with Gasteiger partial charge in [0.15, 0.2) is 6.10 Å². The van der Waals surface area contributed by atoms with Gasteiger partial charge in [-0.1, -0.05) is 12.1 Å². The number of carbonyl (C=O) groups is 2. The minimum absolute atomic E-state index is 0.0192. The Morgan fingerprint density at radius 1 is 0.750 bits per heavy atom. The summed E-state index contributed by atoms with van der Waals surface area (Å²) >= 11 is 0. The number of ether oxygens (including phenoxy) is 6. The Morgan fingerprint density at radius 3 is 1.98 bits per heavy atom. The Labute approximate surface area is 270 Å². The molecule has 3 heterocycles. The number of aliphatic hydroxyl groups excluding tert-OH is 7. The number of hydrogen-bond acceptors (Lipinski definition) is 17. The molecule has 11 atom stereocenters. The Balaban J connectivity index is 1.46. The standard InChI is InChI=1S/C30H34O18/c31-9-18-22(37)24(39)26(41)30(47-18)46-17-7-14-15(44-28(17)11-1-3-12(32)4-2-11)5-13(33)6-16(14)45-29-27(42)25(40)23(38)19(48-29)10-43-21(36)8-20(34)35/h1-7,18-19,22-33,37-42H,8-10H2,(H,34,35). The molecule has 48 heavy (non-hydrogen) atoms. The van der Waals surface area contributed by atoms with Gasteiger partial charge in [0.05, 0.1) is 12.2 Å². The summed E-state index contributed by atoms with van der Waals surface area (Å²) in [5.41, 5.74) is 0.437.